The molecule has 0 aliphatic carbocycles. The topological polar surface area (TPSA) is 43.4 Å². The minimum Gasteiger partial charge on any atom is -0.505 e. The molecule has 1 rings (SSSR count). The summed E-state index contributed by atoms with van der Waals surface area (Å²) in [7, 11) is -1.79. The fraction of sp³-hybridized carbons (Fsp3) is 0.273. The van der Waals surface area contributed by atoms with E-state index in [0.29, 0.717) is 4.90 Å². The molecule has 0 saturated carbocycles. The van der Waals surface area contributed by atoms with Crippen molar-refractivity contribution in [2.45, 2.75) is 17.1 Å². The van der Waals surface area contributed by atoms with Crippen LogP contribution in [0.25, 0.3) is 0 Å². The van der Waals surface area contributed by atoms with Crippen LogP contribution in [0.2, 0.25) is 0 Å². The van der Waals surface area contributed by atoms with Crippen LogP contribution in [0.1, 0.15) is 6.92 Å². The van der Waals surface area contributed by atoms with Gasteiger partial charge in [0.05, 0.1) is 23.5 Å². The van der Waals surface area contributed by atoms with Crippen LogP contribution < -0.4 is 0 Å². The average molecular weight is 226 g/mol. The second kappa shape index (κ2) is 4.98. The van der Waals surface area contributed by atoms with E-state index in [9.17, 15) is 8.42 Å². The zero-order chi connectivity index (χ0) is 11.3. The lowest BCUT2D eigenvalue weighted by Crippen LogP contribution is -2.15. The first kappa shape index (κ1) is 11.8. The summed E-state index contributed by atoms with van der Waals surface area (Å²) < 4.78 is 28.6. The molecule has 82 valence electrons. The van der Waals surface area contributed by atoms with Crippen molar-refractivity contribution in [2.24, 2.45) is 0 Å². The lowest BCUT2D eigenvalue weighted by atomic mass is 10.4. The van der Waals surface area contributed by atoms with Crippen molar-refractivity contribution < 1.29 is 13.2 Å². The number of hydrogen-bond acceptors (Lipinski definition) is 3. The molecule has 0 spiro atoms. The maximum absolute atomic E-state index is 11.9. The van der Waals surface area contributed by atoms with Crippen LogP contribution in [0.5, 0.6) is 0 Å². The highest BCUT2D eigenvalue weighted by Crippen LogP contribution is 2.16. The van der Waals surface area contributed by atoms with Crippen molar-refractivity contribution in [3.05, 3.63) is 42.7 Å². The Hall–Kier alpha value is -1.29. The number of rotatable bonds is 4. The monoisotopic (exact) mass is 226 g/mol. The molecule has 1 aromatic carbocycles. The van der Waals surface area contributed by atoms with E-state index in [1.807, 2.05) is 0 Å². The summed E-state index contributed by atoms with van der Waals surface area (Å²) in [5, 5.41) is -0.583. The lowest BCUT2D eigenvalue weighted by molar-refractivity contribution is 0.336. The zero-order valence-corrected chi connectivity index (χ0v) is 9.57. The summed E-state index contributed by atoms with van der Waals surface area (Å²) in [6.45, 7) is 1.62. The van der Waals surface area contributed by atoms with Crippen molar-refractivity contribution in [2.75, 3.05) is 7.11 Å². The third kappa shape index (κ3) is 2.83. The summed E-state index contributed by atoms with van der Waals surface area (Å²) in [6, 6.07) is 8.38. The van der Waals surface area contributed by atoms with Crippen LogP contribution in [-0.4, -0.2) is 20.8 Å². The fourth-order valence-electron chi connectivity index (χ4n) is 1.12. The first-order valence-corrected chi connectivity index (χ1v) is 6.12. The Kier molecular flexibility index (Phi) is 3.91. The summed E-state index contributed by atoms with van der Waals surface area (Å²) in [6.07, 6.45) is 2.90. The maximum Gasteiger partial charge on any atom is 0.184 e. The molecule has 0 radical (unpaired) electrons. The molecule has 1 aromatic rings. The Morgan fingerprint density at radius 2 is 1.87 bits per heavy atom. The standard InChI is InChI=1S/C11H14O3S/c1-10(8-9-14-2)15(12,13)11-6-4-3-5-7-11/h3-10H,1-2H3/b9-8+. The highest BCUT2D eigenvalue weighted by atomic mass is 32.2. The number of sulfone groups is 1. The molecule has 0 heterocycles. The lowest BCUT2D eigenvalue weighted by Gasteiger charge is -2.08. The second-order valence-corrected chi connectivity index (χ2v) is 5.43. The first-order chi connectivity index (χ1) is 7.09. The van der Waals surface area contributed by atoms with Crippen LogP contribution in [0.4, 0.5) is 0 Å². The van der Waals surface area contributed by atoms with Gasteiger partial charge in [0.2, 0.25) is 0 Å². The Labute approximate surface area is 90.3 Å². The summed E-state index contributed by atoms with van der Waals surface area (Å²) >= 11 is 0. The van der Waals surface area contributed by atoms with E-state index >= 15 is 0 Å². The fourth-order valence-corrected chi connectivity index (χ4v) is 2.35. The predicted octanol–water partition coefficient (Wildman–Crippen LogP) is 2.01. The number of hydrogen-bond donors (Lipinski definition) is 0. The summed E-state index contributed by atoms with van der Waals surface area (Å²) in [4.78, 5) is 0.332. The number of methoxy groups -OCH3 is 1. The van der Waals surface area contributed by atoms with Gasteiger partial charge in [-0.1, -0.05) is 18.2 Å². The smallest absolute Gasteiger partial charge is 0.184 e. The Morgan fingerprint density at radius 3 is 2.40 bits per heavy atom. The molecule has 0 N–H and O–H groups in total. The van der Waals surface area contributed by atoms with Crippen molar-refractivity contribution in [1.29, 1.82) is 0 Å². The van der Waals surface area contributed by atoms with Gasteiger partial charge in [-0.05, 0) is 25.1 Å². The van der Waals surface area contributed by atoms with Gasteiger partial charge in [-0.2, -0.15) is 0 Å². The molecular formula is C11H14O3S. The summed E-state index contributed by atoms with van der Waals surface area (Å²) in [5.74, 6) is 0. The molecule has 0 amide bonds. The predicted molar refractivity (Wildman–Crippen MR) is 59.2 cm³/mol. The van der Waals surface area contributed by atoms with Gasteiger partial charge in [0.25, 0.3) is 0 Å². The van der Waals surface area contributed by atoms with Crippen molar-refractivity contribution in [3.63, 3.8) is 0 Å². The van der Waals surface area contributed by atoms with Gasteiger partial charge in [-0.25, -0.2) is 8.42 Å². The maximum atomic E-state index is 11.9. The van der Waals surface area contributed by atoms with Crippen LogP contribution in [-0.2, 0) is 14.6 Å². The van der Waals surface area contributed by atoms with Crippen LogP contribution >= 0.6 is 0 Å². The third-order valence-electron chi connectivity index (χ3n) is 2.05. The van der Waals surface area contributed by atoms with E-state index in [0.717, 1.165) is 0 Å². The van der Waals surface area contributed by atoms with E-state index in [2.05, 4.69) is 0 Å². The molecule has 0 aliphatic heterocycles. The van der Waals surface area contributed by atoms with Crippen molar-refractivity contribution in [1.82, 2.24) is 0 Å². The van der Waals surface area contributed by atoms with Crippen LogP contribution in [0.3, 0.4) is 0 Å². The molecule has 0 bridgehead atoms. The van der Waals surface area contributed by atoms with Gasteiger partial charge in [0.1, 0.15) is 0 Å². The molecular weight excluding hydrogens is 212 g/mol. The summed E-state index contributed by atoms with van der Waals surface area (Å²) in [5.41, 5.74) is 0. The van der Waals surface area contributed by atoms with E-state index in [-0.39, 0.29) is 0 Å². The SMILES string of the molecule is CO/C=C/C(C)S(=O)(=O)c1ccccc1. The van der Waals surface area contributed by atoms with Crippen molar-refractivity contribution >= 4 is 9.84 Å². The van der Waals surface area contributed by atoms with Gasteiger partial charge < -0.3 is 4.74 Å². The van der Waals surface area contributed by atoms with E-state index < -0.39 is 15.1 Å². The number of benzene rings is 1. The molecule has 1 atom stereocenters. The Bertz CT molecular complexity index is 420. The van der Waals surface area contributed by atoms with E-state index in [1.54, 1.807) is 37.3 Å². The van der Waals surface area contributed by atoms with Gasteiger partial charge in [0, 0.05) is 0 Å². The molecule has 4 heteroatoms. The molecule has 0 saturated heterocycles. The molecule has 0 aliphatic rings. The molecule has 3 nitrogen and oxygen atoms in total. The Balaban J connectivity index is 2.99. The van der Waals surface area contributed by atoms with Gasteiger partial charge in [-0.15, -0.1) is 0 Å². The van der Waals surface area contributed by atoms with Crippen LogP contribution in [0, 0.1) is 0 Å². The second-order valence-electron chi connectivity index (χ2n) is 3.13. The van der Waals surface area contributed by atoms with Gasteiger partial charge in [-0.3, -0.25) is 0 Å². The van der Waals surface area contributed by atoms with Crippen molar-refractivity contribution in [3.8, 4) is 0 Å². The average Bonchev–Trinajstić information content (AvgIpc) is 2.27. The zero-order valence-electron chi connectivity index (χ0n) is 8.75. The van der Waals surface area contributed by atoms with Gasteiger partial charge in [0.15, 0.2) is 9.84 Å². The minimum atomic E-state index is -3.28. The molecule has 1 unspecified atom stereocenters. The molecule has 0 aromatic heterocycles. The minimum absolute atomic E-state index is 0.332. The van der Waals surface area contributed by atoms with E-state index in [4.69, 9.17) is 4.74 Å². The largest absolute Gasteiger partial charge is 0.505 e. The first-order valence-electron chi connectivity index (χ1n) is 4.57. The highest BCUT2D eigenvalue weighted by Gasteiger charge is 2.20. The normalized spacial score (nSPS) is 14.0. The van der Waals surface area contributed by atoms with Gasteiger partial charge >= 0.3 is 0 Å². The number of ether oxygens (including phenoxy) is 1. The highest BCUT2D eigenvalue weighted by molar-refractivity contribution is 7.92. The van der Waals surface area contributed by atoms with E-state index in [1.165, 1.54) is 19.4 Å². The third-order valence-corrected chi connectivity index (χ3v) is 4.11. The molecule has 0 fully saturated rings. The Morgan fingerprint density at radius 1 is 1.27 bits per heavy atom. The van der Waals surface area contributed by atoms with Crippen LogP contribution in [0.15, 0.2) is 47.6 Å². The quantitative estimate of drug-likeness (QED) is 0.738. The molecule has 15 heavy (non-hydrogen) atoms.